The van der Waals surface area contributed by atoms with Crippen molar-refractivity contribution in [2.75, 3.05) is 16.0 Å². The number of amides is 3. The largest absolute Gasteiger partial charge is 0.323 e. The van der Waals surface area contributed by atoms with Crippen LogP contribution in [0.2, 0.25) is 0 Å². The standard InChI is InChI=1S/C25H20N4O13S3/c1-13-5-6-17(10-21(13)29(32)33)27-25(31)26-16-4-2-3-14(7-16)24(30)28-20-11-18(43(34,35)36)8-15-9-19(44(37,38)39)12-22(23(15)20)45(40,41)42/h2-12H,1H3,(H,28,30)(H2,26,27,31)(H,34,35,36)(H,37,38,39)(H,40,41,42). The van der Waals surface area contributed by atoms with Crippen LogP contribution in [0.4, 0.5) is 27.5 Å². The molecule has 3 amide bonds. The molecule has 0 unspecified atom stereocenters. The van der Waals surface area contributed by atoms with Crippen molar-refractivity contribution >= 4 is 75.8 Å². The third-order valence-corrected chi connectivity index (χ3v) is 8.67. The summed E-state index contributed by atoms with van der Waals surface area (Å²) in [7, 11) is -15.4. The smallest absolute Gasteiger partial charge is 0.321 e. The first-order valence-electron chi connectivity index (χ1n) is 12.0. The average molecular weight is 681 g/mol. The number of nitro benzene ring substituents is 1. The van der Waals surface area contributed by atoms with Crippen LogP contribution in [0, 0.1) is 17.0 Å². The van der Waals surface area contributed by atoms with Crippen molar-refractivity contribution in [3.8, 4) is 0 Å². The molecule has 0 atom stereocenters. The van der Waals surface area contributed by atoms with Gasteiger partial charge in [-0.05, 0) is 60.8 Å². The van der Waals surface area contributed by atoms with E-state index in [1.165, 1.54) is 37.3 Å². The maximum absolute atomic E-state index is 13.2. The van der Waals surface area contributed by atoms with Gasteiger partial charge in [0.1, 0.15) is 4.90 Å². The molecule has 0 saturated carbocycles. The topological polar surface area (TPSA) is 276 Å². The molecule has 17 nitrogen and oxygen atoms in total. The molecule has 236 valence electrons. The predicted octanol–water partition coefficient (Wildman–Crippen LogP) is 3.69. The second-order valence-corrected chi connectivity index (χ2v) is 13.5. The Hall–Kier alpha value is -4.99. The van der Waals surface area contributed by atoms with Gasteiger partial charge in [0.05, 0.1) is 20.4 Å². The summed E-state index contributed by atoms with van der Waals surface area (Å²) in [5, 5.41) is 17.1. The normalized spacial score (nSPS) is 12.0. The molecule has 0 spiro atoms. The van der Waals surface area contributed by atoms with Crippen LogP contribution in [0.25, 0.3) is 10.8 Å². The molecule has 0 aliphatic heterocycles. The molecule has 6 N–H and O–H groups in total. The number of rotatable bonds is 8. The van der Waals surface area contributed by atoms with Crippen molar-refractivity contribution in [3.05, 3.63) is 88.0 Å². The maximum Gasteiger partial charge on any atom is 0.323 e. The fourth-order valence-electron chi connectivity index (χ4n) is 4.13. The number of nitro groups is 1. The van der Waals surface area contributed by atoms with E-state index < -0.39 is 78.4 Å². The number of nitrogens with one attached hydrogen (secondary N) is 3. The third-order valence-electron chi connectivity index (χ3n) is 6.13. The SMILES string of the molecule is Cc1ccc(NC(=O)Nc2cccc(C(=O)Nc3cc(S(=O)(=O)O)cc4cc(S(=O)(=O)O)cc(S(=O)(=O)O)c34)c2)cc1[N+](=O)[O-]. The number of hydrogen-bond acceptors (Lipinski definition) is 10. The lowest BCUT2D eigenvalue weighted by molar-refractivity contribution is -0.385. The molecule has 4 aromatic carbocycles. The molecular formula is C25H20N4O13S3. The van der Waals surface area contributed by atoms with Crippen LogP contribution in [-0.4, -0.2) is 55.8 Å². The van der Waals surface area contributed by atoms with Crippen LogP contribution in [-0.2, 0) is 30.4 Å². The van der Waals surface area contributed by atoms with E-state index in [1.807, 2.05) is 0 Å². The molecule has 0 bridgehead atoms. The van der Waals surface area contributed by atoms with Gasteiger partial charge in [-0.3, -0.25) is 28.6 Å². The summed E-state index contributed by atoms with van der Waals surface area (Å²) in [6.07, 6.45) is 0. The minimum atomic E-state index is -5.27. The summed E-state index contributed by atoms with van der Waals surface area (Å²) >= 11 is 0. The van der Waals surface area contributed by atoms with E-state index in [4.69, 9.17) is 0 Å². The van der Waals surface area contributed by atoms with E-state index in [2.05, 4.69) is 16.0 Å². The Balaban J connectivity index is 1.71. The molecule has 20 heteroatoms. The second kappa shape index (κ2) is 11.8. The molecular weight excluding hydrogens is 660 g/mol. The van der Waals surface area contributed by atoms with E-state index in [0.29, 0.717) is 29.8 Å². The molecule has 0 fully saturated rings. The molecule has 0 saturated heterocycles. The Morgan fingerprint density at radius 3 is 1.87 bits per heavy atom. The summed E-state index contributed by atoms with van der Waals surface area (Å²) in [4.78, 5) is 33.2. The molecule has 45 heavy (non-hydrogen) atoms. The lowest BCUT2D eigenvalue weighted by Crippen LogP contribution is -2.20. The third kappa shape index (κ3) is 7.57. The fraction of sp³-hybridized carbons (Fsp3) is 0.0400. The number of urea groups is 1. The van der Waals surface area contributed by atoms with Gasteiger partial charge in [0.15, 0.2) is 0 Å². The Morgan fingerprint density at radius 2 is 1.31 bits per heavy atom. The lowest BCUT2D eigenvalue weighted by Gasteiger charge is -2.15. The first-order valence-corrected chi connectivity index (χ1v) is 16.3. The summed E-state index contributed by atoms with van der Waals surface area (Å²) in [6.45, 7) is 1.51. The first-order chi connectivity index (χ1) is 20.7. The summed E-state index contributed by atoms with van der Waals surface area (Å²) < 4.78 is 101. The van der Waals surface area contributed by atoms with Crippen LogP contribution in [0.5, 0.6) is 0 Å². The highest BCUT2D eigenvalue weighted by atomic mass is 32.2. The van der Waals surface area contributed by atoms with Crippen LogP contribution in [0.3, 0.4) is 0 Å². The van der Waals surface area contributed by atoms with E-state index >= 15 is 0 Å². The zero-order valence-electron chi connectivity index (χ0n) is 22.4. The van der Waals surface area contributed by atoms with Crippen molar-refractivity contribution in [3.63, 3.8) is 0 Å². The van der Waals surface area contributed by atoms with E-state index in [9.17, 15) is 58.6 Å². The highest BCUT2D eigenvalue weighted by Gasteiger charge is 2.25. The zero-order chi connectivity index (χ0) is 33.5. The zero-order valence-corrected chi connectivity index (χ0v) is 24.9. The Labute approximate surface area is 254 Å². The molecule has 0 heterocycles. The van der Waals surface area contributed by atoms with Gasteiger partial charge in [0.2, 0.25) is 0 Å². The van der Waals surface area contributed by atoms with Crippen molar-refractivity contribution in [1.29, 1.82) is 0 Å². The number of carbonyl (C=O) groups is 2. The van der Waals surface area contributed by atoms with Crippen molar-refractivity contribution in [1.82, 2.24) is 0 Å². The average Bonchev–Trinajstić information content (AvgIpc) is 2.91. The number of fused-ring (bicyclic) bond motifs is 1. The lowest BCUT2D eigenvalue weighted by atomic mass is 10.1. The molecule has 0 aliphatic rings. The number of aryl methyl sites for hydroxylation is 1. The summed E-state index contributed by atoms with van der Waals surface area (Å²) in [5.74, 6) is -1.03. The van der Waals surface area contributed by atoms with Gasteiger partial charge in [0.25, 0.3) is 41.9 Å². The maximum atomic E-state index is 13.2. The quantitative estimate of drug-likeness (QED) is 0.0881. The van der Waals surface area contributed by atoms with Crippen LogP contribution in [0.15, 0.2) is 81.4 Å². The van der Waals surface area contributed by atoms with Gasteiger partial charge < -0.3 is 16.0 Å². The minimum absolute atomic E-state index is 0.0368. The molecule has 0 aliphatic carbocycles. The highest BCUT2D eigenvalue weighted by Crippen LogP contribution is 2.36. The van der Waals surface area contributed by atoms with Crippen LogP contribution < -0.4 is 16.0 Å². The van der Waals surface area contributed by atoms with Crippen molar-refractivity contribution in [2.24, 2.45) is 0 Å². The van der Waals surface area contributed by atoms with Gasteiger partial charge in [-0.2, -0.15) is 25.3 Å². The Kier molecular flexibility index (Phi) is 8.66. The molecule has 4 rings (SSSR count). The van der Waals surface area contributed by atoms with Gasteiger partial charge in [-0.25, -0.2) is 4.79 Å². The fourth-order valence-corrected chi connectivity index (χ4v) is 6.05. The highest BCUT2D eigenvalue weighted by molar-refractivity contribution is 7.87. The number of carbonyl (C=O) groups excluding carboxylic acids is 2. The molecule has 4 aromatic rings. The molecule has 0 aromatic heterocycles. The van der Waals surface area contributed by atoms with Crippen molar-refractivity contribution < 1.29 is 53.4 Å². The van der Waals surface area contributed by atoms with Crippen LogP contribution in [0.1, 0.15) is 15.9 Å². The number of benzene rings is 4. The van der Waals surface area contributed by atoms with E-state index in [0.717, 1.165) is 12.1 Å². The van der Waals surface area contributed by atoms with Gasteiger partial charge >= 0.3 is 6.03 Å². The minimum Gasteiger partial charge on any atom is -0.321 e. The van der Waals surface area contributed by atoms with Gasteiger partial charge in [-0.15, -0.1) is 0 Å². The summed E-state index contributed by atoms with van der Waals surface area (Å²) in [5.41, 5.74) is -0.541. The number of anilines is 3. The number of hydrogen-bond donors (Lipinski definition) is 6. The predicted molar refractivity (Wildman–Crippen MR) is 158 cm³/mol. The molecule has 0 radical (unpaired) electrons. The second-order valence-electron chi connectivity index (χ2n) is 9.29. The summed E-state index contributed by atoms with van der Waals surface area (Å²) in [6, 6.07) is 10.6. The van der Waals surface area contributed by atoms with E-state index in [-0.39, 0.29) is 22.6 Å². The van der Waals surface area contributed by atoms with Crippen LogP contribution >= 0.6 is 0 Å². The van der Waals surface area contributed by atoms with Crippen molar-refractivity contribution in [2.45, 2.75) is 21.6 Å². The first kappa shape index (κ1) is 32.9. The van der Waals surface area contributed by atoms with Gasteiger partial charge in [0, 0.05) is 34.0 Å². The van der Waals surface area contributed by atoms with Gasteiger partial charge in [-0.1, -0.05) is 12.1 Å². The Morgan fingerprint density at radius 1 is 0.733 bits per heavy atom. The monoisotopic (exact) mass is 680 g/mol. The van der Waals surface area contributed by atoms with E-state index in [1.54, 1.807) is 0 Å². The Bertz CT molecular complexity index is 2250. The number of nitrogens with zero attached hydrogens (tertiary/aromatic N) is 1.